The van der Waals surface area contributed by atoms with Gasteiger partial charge in [-0.3, -0.25) is 14.5 Å². The van der Waals surface area contributed by atoms with Gasteiger partial charge in [0, 0.05) is 10.2 Å². The van der Waals surface area contributed by atoms with Crippen molar-refractivity contribution < 1.29 is 18.7 Å². The molecule has 1 atom stereocenters. The van der Waals surface area contributed by atoms with Gasteiger partial charge in [-0.2, -0.15) is 0 Å². The van der Waals surface area contributed by atoms with Crippen LogP contribution in [0.15, 0.2) is 80.4 Å². The number of benzene rings is 3. The topological polar surface area (TPSA) is 69.0 Å². The molecule has 0 spiro atoms. The van der Waals surface area contributed by atoms with Crippen LogP contribution in [0.1, 0.15) is 54.4 Å². The van der Waals surface area contributed by atoms with Crippen molar-refractivity contribution in [3.8, 4) is 11.5 Å². The van der Waals surface area contributed by atoms with E-state index in [-0.39, 0.29) is 17.1 Å². The second-order valence-corrected chi connectivity index (χ2v) is 9.48. The largest absolute Gasteiger partial charge is 0.490 e. The first-order chi connectivity index (χ1) is 17.5. The third kappa shape index (κ3) is 4.28. The van der Waals surface area contributed by atoms with Gasteiger partial charge in [0.15, 0.2) is 16.9 Å². The van der Waals surface area contributed by atoms with Crippen LogP contribution < -0.4 is 19.8 Å². The zero-order valence-electron chi connectivity index (χ0n) is 20.1. The lowest BCUT2D eigenvalue weighted by atomic mass is 9.97. The Labute approximate surface area is 217 Å². The van der Waals surface area contributed by atoms with E-state index in [1.807, 2.05) is 49.4 Å². The minimum absolute atomic E-state index is 0.0601. The van der Waals surface area contributed by atoms with Crippen LogP contribution in [0.2, 0.25) is 0 Å². The molecule has 6 nitrogen and oxygen atoms in total. The second-order valence-electron chi connectivity index (χ2n) is 8.57. The molecule has 0 saturated heterocycles. The summed E-state index contributed by atoms with van der Waals surface area (Å²) in [5, 5.41) is 0.440. The van der Waals surface area contributed by atoms with E-state index >= 15 is 0 Å². The molecule has 7 heteroatoms. The van der Waals surface area contributed by atoms with Crippen molar-refractivity contribution in [1.82, 2.24) is 0 Å². The van der Waals surface area contributed by atoms with E-state index in [2.05, 4.69) is 22.9 Å². The molecule has 1 aliphatic rings. The Hall–Kier alpha value is -3.58. The number of hydrogen-bond acceptors (Lipinski definition) is 5. The van der Waals surface area contributed by atoms with E-state index in [9.17, 15) is 9.59 Å². The van der Waals surface area contributed by atoms with Crippen LogP contribution in [-0.4, -0.2) is 19.1 Å². The highest BCUT2D eigenvalue weighted by atomic mass is 79.9. The van der Waals surface area contributed by atoms with E-state index in [0.717, 1.165) is 22.9 Å². The van der Waals surface area contributed by atoms with E-state index in [4.69, 9.17) is 13.9 Å². The molecule has 0 N–H and O–H groups in total. The maximum Gasteiger partial charge on any atom is 0.295 e. The van der Waals surface area contributed by atoms with Crippen LogP contribution in [0, 0.1) is 0 Å². The van der Waals surface area contributed by atoms with Gasteiger partial charge in [0.1, 0.15) is 5.58 Å². The van der Waals surface area contributed by atoms with E-state index in [0.29, 0.717) is 46.9 Å². The average Bonchev–Trinajstić information content (AvgIpc) is 3.18. The van der Waals surface area contributed by atoms with Gasteiger partial charge in [0.25, 0.3) is 5.91 Å². The monoisotopic (exact) mass is 547 g/mol. The Morgan fingerprint density at radius 3 is 2.56 bits per heavy atom. The van der Waals surface area contributed by atoms with Gasteiger partial charge in [0.2, 0.25) is 5.76 Å². The fourth-order valence-corrected chi connectivity index (χ4v) is 4.92. The SMILES string of the molecule is CCCCOc1ccc(C2c3c(oc4ccccc4c3=O)C(=O)N2c2cccc(Br)c2)cc1OCC. The number of nitrogens with zero attached hydrogens (tertiary/aromatic N) is 1. The van der Waals surface area contributed by atoms with Gasteiger partial charge in [-0.1, -0.05) is 53.5 Å². The van der Waals surface area contributed by atoms with Crippen LogP contribution in [0.4, 0.5) is 5.69 Å². The average molecular weight is 548 g/mol. The molecule has 1 aromatic heterocycles. The highest BCUT2D eigenvalue weighted by molar-refractivity contribution is 9.10. The smallest absolute Gasteiger partial charge is 0.295 e. The summed E-state index contributed by atoms with van der Waals surface area (Å²) in [6.07, 6.45) is 1.96. The minimum Gasteiger partial charge on any atom is -0.490 e. The Bertz CT molecular complexity index is 1500. The molecule has 0 fully saturated rings. The number of halogens is 1. The van der Waals surface area contributed by atoms with Gasteiger partial charge in [-0.25, -0.2) is 0 Å². The normalized spacial score (nSPS) is 14.8. The third-order valence-corrected chi connectivity index (χ3v) is 6.70. The number of carbonyl (C=O) groups excluding carboxylic acids is 1. The molecule has 36 heavy (non-hydrogen) atoms. The molecule has 0 bridgehead atoms. The number of anilines is 1. The first kappa shape index (κ1) is 24.1. The molecular weight excluding hydrogens is 522 g/mol. The fourth-order valence-electron chi connectivity index (χ4n) is 4.54. The first-order valence-corrected chi connectivity index (χ1v) is 12.9. The van der Waals surface area contributed by atoms with Crippen LogP contribution in [0.5, 0.6) is 11.5 Å². The summed E-state index contributed by atoms with van der Waals surface area (Å²) in [5.74, 6) is 0.909. The molecule has 2 heterocycles. The van der Waals surface area contributed by atoms with Crippen molar-refractivity contribution in [3.63, 3.8) is 0 Å². The molecule has 3 aromatic carbocycles. The maximum absolute atomic E-state index is 13.8. The number of unbranched alkanes of at least 4 members (excludes halogenated alkanes) is 1. The predicted molar refractivity (Wildman–Crippen MR) is 143 cm³/mol. The lowest BCUT2D eigenvalue weighted by molar-refractivity contribution is 0.0971. The molecule has 0 saturated carbocycles. The minimum atomic E-state index is -0.688. The lowest BCUT2D eigenvalue weighted by Crippen LogP contribution is -2.29. The summed E-state index contributed by atoms with van der Waals surface area (Å²) in [5.41, 5.74) is 1.87. The predicted octanol–water partition coefficient (Wildman–Crippen LogP) is 6.88. The number of carbonyl (C=O) groups is 1. The van der Waals surface area contributed by atoms with Crippen molar-refractivity contribution in [2.45, 2.75) is 32.7 Å². The lowest BCUT2D eigenvalue weighted by Gasteiger charge is -2.26. The van der Waals surface area contributed by atoms with Crippen molar-refractivity contribution >= 4 is 38.5 Å². The van der Waals surface area contributed by atoms with Crippen LogP contribution in [-0.2, 0) is 0 Å². The molecule has 1 unspecified atom stereocenters. The molecule has 4 aromatic rings. The number of ether oxygens (including phenoxy) is 2. The van der Waals surface area contributed by atoms with Gasteiger partial charge >= 0.3 is 0 Å². The summed E-state index contributed by atoms with van der Waals surface area (Å²) < 4.78 is 18.7. The van der Waals surface area contributed by atoms with E-state index < -0.39 is 6.04 Å². The number of fused-ring (bicyclic) bond motifs is 2. The van der Waals surface area contributed by atoms with E-state index in [1.54, 1.807) is 29.2 Å². The highest BCUT2D eigenvalue weighted by Crippen LogP contribution is 2.43. The summed E-state index contributed by atoms with van der Waals surface area (Å²) >= 11 is 3.50. The Morgan fingerprint density at radius 2 is 1.78 bits per heavy atom. The summed E-state index contributed by atoms with van der Waals surface area (Å²) in [4.78, 5) is 29.1. The molecule has 1 amide bonds. The third-order valence-electron chi connectivity index (χ3n) is 6.20. The Balaban J connectivity index is 1.71. The van der Waals surface area contributed by atoms with Crippen molar-refractivity contribution in [3.05, 3.63) is 98.3 Å². The fraction of sp³-hybridized carbons (Fsp3) is 0.241. The van der Waals surface area contributed by atoms with Gasteiger partial charge in [-0.05, 0) is 61.4 Å². The van der Waals surface area contributed by atoms with Crippen LogP contribution in [0.25, 0.3) is 11.0 Å². The number of para-hydroxylation sites is 1. The first-order valence-electron chi connectivity index (χ1n) is 12.1. The van der Waals surface area contributed by atoms with Crippen LogP contribution in [0.3, 0.4) is 0 Å². The zero-order valence-corrected chi connectivity index (χ0v) is 21.7. The van der Waals surface area contributed by atoms with Crippen LogP contribution >= 0.6 is 15.9 Å². The second kappa shape index (κ2) is 10.2. The maximum atomic E-state index is 13.8. The molecule has 1 aliphatic heterocycles. The summed E-state index contributed by atoms with van der Waals surface area (Å²) in [7, 11) is 0. The van der Waals surface area contributed by atoms with Gasteiger partial charge in [0.05, 0.1) is 30.2 Å². The van der Waals surface area contributed by atoms with Crippen molar-refractivity contribution in [2.75, 3.05) is 18.1 Å². The number of rotatable bonds is 8. The molecular formula is C29H26BrNO5. The quantitative estimate of drug-likeness (QED) is 0.225. The van der Waals surface area contributed by atoms with Crippen molar-refractivity contribution in [2.24, 2.45) is 0 Å². The zero-order chi connectivity index (χ0) is 25.2. The summed E-state index contributed by atoms with van der Waals surface area (Å²) in [6, 6.07) is 19.3. The van der Waals surface area contributed by atoms with Gasteiger partial charge < -0.3 is 13.9 Å². The number of hydrogen-bond donors (Lipinski definition) is 0. The highest BCUT2D eigenvalue weighted by Gasteiger charge is 2.44. The molecule has 0 radical (unpaired) electrons. The Morgan fingerprint density at radius 1 is 0.944 bits per heavy atom. The molecule has 184 valence electrons. The van der Waals surface area contributed by atoms with Crippen molar-refractivity contribution in [1.29, 1.82) is 0 Å². The molecule has 0 aliphatic carbocycles. The van der Waals surface area contributed by atoms with E-state index in [1.165, 1.54) is 0 Å². The molecule has 5 rings (SSSR count). The Kier molecular flexibility index (Phi) is 6.83. The number of amides is 1. The standard InChI is InChI=1S/C29H26BrNO5/c1-3-5-15-35-23-14-13-18(16-24(23)34-4-2)26-25-27(32)21-11-6-7-12-22(21)36-28(25)29(33)31(26)20-10-8-9-19(30)17-20/h6-14,16-17,26H,3-5,15H2,1-2H3. The summed E-state index contributed by atoms with van der Waals surface area (Å²) in [6.45, 7) is 5.05. The van der Waals surface area contributed by atoms with Gasteiger partial charge in [-0.15, -0.1) is 0 Å².